The first-order chi connectivity index (χ1) is 6.49. The van der Waals surface area contributed by atoms with Crippen molar-refractivity contribution in [3.8, 4) is 0 Å². The number of carboxylic acids is 1. The van der Waals surface area contributed by atoms with Crippen molar-refractivity contribution in [1.29, 1.82) is 0 Å². The topological polar surface area (TPSA) is 113 Å². The molecule has 0 saturated carbocycles. The van der Waals surface area contributed by atoms with Crippen molar-refractivity contribution in [3.05, 3.63) is 0 Å². The summed E-state index contributed by atoms with van der Waals surface area (Å²) in [5.41, 5.74) is 5.40. The van der Waals surface area contributed by atoms with Crippen LogP contribution in [0.3, 0.4) is 0 Å². The summed E-state index contributed by atoms with van der Waals surface area (Å²) in [6, 6.07) is -0.572. The van der Waals surface area contributed by atoms with E-state index in [0.29, 0.717) is 6.42 Å². The summed E-state index contributed by atoms with van der Waals surface area (Å²) in [5.74, 6) is -1.62. The highest BCUT2D eigenvalue weighted by Gasteiger charge is 2.14. The quantitative estimate of drug-likeness (QED) is 0.428. The molecule has 1 amide bonds. The number of nitrogens with one attached hydrogen (secondary N) is 1. The monoisotopic (exact) mass is 204 g/mol. The van der Waals surface area contributed by atoms with Gasteiger partial charge >= 0.3 is 5.97 Å². The van der Waals surface area contributed by atoms with Gasteiger partial charge in [0.05, 0.1) is 6.04 Å². The molecule has 0 aliphatic carbocycles. The second-order valence-electron chi connectivity index (χ2n) is 2.95. The van der Waals surface area contributed by atoms with E-state index in [0.717, 1.165) is 0 Å². The number of amides is 1. The van der Waals surface area contributed by atoms with Gasteiger partial charge in [-0.3, -0.25) is 4.79 Å². The van der Waals surface area contributed by atoms with Crippen LogP contribution in [0.5, 0.6) is 0 Å². The molecule has 0 saturated heterocycles. The van der Waals surface area contributed by atoms with Crippen LogP contribution in [0.15, 0.2) is 0 Å². The maximum atomic E-state index is 11.1. The number of carbonyl (C=O) groups is 2. The van der Waals surface area contributed by atoms with Crippen LogP contribution in [0.4, 0.5) is 0 Å². The second-order valence-corrected chi connectivity index (χ2v) is 2.95. The number of carboxylic acid groups (broad SMARTS) is 1. The summed E-state index contributed by atoms with van der Waals surface area (Å²) < 4.78 is 0. The Morgan fingerprint density at radius 2 is 2.07 bits per heavy atom. The highest BCUT2D eigenvalue weighted by Crippen LogP contribution is 1.91. The van der Waals surface area contributed by atoms with Crippen LogP contribution in [0.25, 0.3) is 0 Å². The highest BCUT2D eigenvalue weighted by atomic mass is 16.4. The van der Waals surface area contributed by atoms with Crippen molar-refractivity contribution in [2.45, 2.75) is 31.9 Å². The van der Waals surface area contributed by atoms with Crippen LogP contribution in [0.1, 0.15) is 19.8 Å². The third kappa shape index (κ3) is 4.78. The lowest BCUT2D eigenvalue weighted by Gasteiger charge is -2.10. The van der Waals surface area contributed by atoms with E-state index in [9.17, 15) is 9.59 Å². The second kappa shape index (κ2) is 6.33. The lowest BCUT2D eigenvalue weighted by Crippen LogP contribution is -2.41. The van der Waals surface area contributed by atoms with Gasteiger partial charge in [-0.15, -0.1) is 0 Å². The summed E-state index contributed by atoms with van der Waals surface area (Å²) in [6.45, 7) is 1.89. The van der Waals surface area contributed by atoms with E-state index in [2.05, 4.69) is 5.32 Å². The maximum absolute atomic E-state index is 11.1. The molecule has 0 fully saturated rings. The minimum atomic E-state index is -1.44. The number of carbonyl (C=O) groups excluding carboxylic acids is 1. The number of hydrogen-bond donors (Lipinski definition) is 4. The molecule has 0 aromatic carbocycles. The van der Waals surface area contributed by atoms with E-state index in [1.807, 2.05) is 0 Å². The summed E-state index contributed by atoms with van der Waals surface area (Å²) in [6.07, 6.45) is -0.932. The molecule has 0 aliphatic heterocycles. The summed E-state index contributed by atoms with van der Waals surface area (Å²) in [4.78, 5) is 21.2. The van der Waals surface area contributed by atoms with Gasteiger partial charge in [-0.05, 0) is 6.42 Å². The molecule has 0 aromatic heterocycles. The fourth-order valence-corrected chi connectivity index (χ4v) is 0.772. The average Bonchev–Trinajstić information content (AvgIpc) is 2.15. The summed E-state index contributed by atoms with van der Waals surface area (Å²) in [7, 11) is 0. The molecule has 0 heterocycles. The fraction of sp³-hybridized carbons (Fsp3) is 0.750. The fourth-order valence-electron chi connectivity index (χ4n) is 0.772. The lowest BCUT2D eigenvalue weighted by atomic mass is 10.2. The first kappa shape index (κ1) is 12.9. The van der Waals surface area contributed by atoms with Gasteiger partial charge in [0.2, 0.25) is 5.91 Å². The van der Waals surface area contributed by atoms with E-state index in [-0.39, 0.29) is 18.9 Å². The molecule has 0 radical (unpaired) electrons. The number of nitrogens with two attached hydrogens (primary N) is 1. The zero-order chi connectivity index (χ0) is 11.1. The molecular formula is C8H16N2O4. The molecule has 0 aromatic rings. The van der Waals surface area contributed by atoms with Crippen molar-refractivity contribution in [1.82, 2.24) is 5.32 Å². The van der Waals surface area contributed by atoms with Gasteiger partial charge in [0.1, 0.15) is 0 Å². The molecule has 0 aliphatic rings. The maximum Gasteiger partial charge on any atom is 0.332 e. The number of aliphatic hydroxyl groups is 1. The first-order valence-corrected chi connectivity index (χ1v) is 4.43. The zero-order valence-corrected chi connectivity index (χ0v) is 8.06. The Kier molecular flexibility index (Phi) is 5.82. The molecule has 0 spiro atoms. The van der Waals surface area contributed by atoms with Gasteiger partial charge in [-0.25, -0.2) is 4.79 Å². The van der Waals surface area contributed by atoms with E-state index < -0.39 is 18.1 Å². The average molecular weight is 204 g/mol. The van der Waals surface area contributed by atoms with Gasteiger partial charge in [-0.2, -0.15) is 0 Å². The van der Waals surface area contributed by atoms with Gasteiger partial charge < -0.3 is 21.3 Å². The lowest BCUT2D eigenvalue weighted by molar-refractivity contribution is -0.147. The molecule has 82 valence electrons. The molecule has 0 bridgehead atoms. The smallest absolute Gasteiger partial charge is 0.332 e. The van der Waals surface area contributed by atoms with Crippen LogP contribution >= 0.6 is 0 Å². The highest BCUT2D eigenvalue weighted by molar-refractivity contribution is 5.81. The van der Waals surface area contributed by atoms with E-state index in [1.54, 1.807) is 6.92 Å². The number of rotatable bonds is 6. The standard InChI is InChI=1S/C8H16N2O4/c1-2-5(9)7(12)10-4-3-6(11)8(13)14/h5-6,11H,2-4,9H2,1H3,(H,10,12)(H,13,14)/t5-,6+/m1/s1. The van der Waals surface area contributed by atoms with Gasteiger partial charge in [-0.1, -0.05) is 6.92 Å². The molecule has 5 N–H and O–H groups in total. The predicted molar refractivity (Wildman–Crippen MR) is 49.5 cm³/mol. The number of hydrogen-bond acceptors (Lipinski definition) is 4. The van der Waals surface area contributed by atoms with Crippen LogP contribution < -0.4 is 11.1 Å². The Morgan fingerprint density at radius 3 is 2.50 bits per heavy atom. The largest absolute Gasteiger partial charge is 0.479 e. The Hall–Kier alpha value is -1.14. The van der Waals surface area contributed by atoms with Crippen LogP contribution in [-0.2, 0) is 9.59 Å². The van der Waals surface area contributed by atoms with E-state index in [1.165, 1.54) is 0 Å². The number of aliphatic carboxylic acids is 1. The molecular weight excluding hydrogens is 188 g/mol. The zero-order valence-electron chi connectivity index (χ0n) is 8.06. The number of aliphatic hydroxyl groups excluding tert-OH is 1. The Bertz CT molecular complexity index is 208. The van der Waals surface area contributed by atoms with Crippen molar-refractivity contribution in [3.63, 3.8) is 0 Å². The van der Waals surface area contributed by atoms with Crippen molar-refractivity contribution in [2.24, 2.45) is 5.73 Å². The van der Waals surface area contributed by atoms with Gasteiger partial charge in [0.15, 0.2) is 6.10 Å². The molecule has 6 heteroatoms. The van der Waals surface area contributed by atoms with Gasteiger partial charge in [0.25, 0.3) is 0 Å². The van der Waals surface area contributed by atoms with Crippen LogP contribution in [0, 0.1) is 0 Å². The minimum Gasteiger partial charge on any atom is -0.479 e. The van der Waals surface area contributed by atoms with Crippen LogP contribution in [0.2, 0.25) is 0 Å². The normalized spacial score (nSPS) is 14.5. The molecule has 0 rings (SSSR count). The van der Waals surface area contributed by atoms with Gasteiger partial charge in [0, 0.05) is 13.0 Å². The van der Waals surface area contributed by atoms with Crippen molar-refractivity contribution < 1.29 is 19.8 Å². The minimum absolute atomic E-state index is 0.0164. The first-order valence-electron chi connectivity index (χ1n) is 4.43. The van der Waals surface area contributed by atoms with E-state index >= 15 is 0 Å². The predicted octanol–water partition coefficient (Wildman–Crippen LogP) is -1.32. The third-order valence-electron chi connectivity index (χ3n) is 1.78. The van der Waals surface area contributed by atoms with Crippen LogP contribution in [-0.4, -0.2) is 40.8 Å². The van der Waals surface area contributed by atoms with Crippen molar-refractivity contribution >= 4 is 11.9 Å². The Morgan fingerprint density at radius 1 is 1.50 bits per heavy atom. The molecule has 6 nitrogen and oxygen atoms in total. The molecule has 14 heavy (non-hydrogen) atoms. The summed E-state index contributed by atoms with van der Waals surface area (Å²) in [5, 5.41) is 19.6. The summed E-state index contributed by atoms with van der Waals surface area (Å²) >= 11 is 0. The Labute approximate surface area is 82.1 Å². The third-order valence-corrected chi connectivity index (χ3v) is 1.78. The Balaban J connectivity index is 3.64. The SMILES string of the molecule is CC[C@@H](N)C(=O)NCC[C@H](O)C(=O)O. The van der Waals surface area contributed by atoms with Crippen molar-refractivity contribution in [2.75, 3.05) is 6.54 Å². The molecule has 2 atom stereocenters. The molecule has 0 unspecified atom stereocenters. The van der Waals surface area contributed by atoms with E-state index in [4.69, 9.17) is 15.9 Å².